The summed E-state index contributed by atoms with van der Waals surface area (Å²) in [7, 11) is -2.50. The van der Waals surface area contributed by atoms with Crippen molar-refractivity contribution in [1.82, 2.24) is 0 Å². The summed E-state index contributed by atoms with van der Waals surface area (Å²) >= 11 is 0. The number of carbonyl (C=O) groups excluding carboxylic acids is 1. The lowest BCUT2D eigenvalue weighted by atomic mass is 10.1. The van der Waals surface area contributed by atoms with Crippen LogP contribution in [-0.4, -0.2) is 25.1 Å². The highest BCUT2D eigenvalue weighted by molar-refractivity contribution is 6.95. The van der Waals surface area contributed by atoms with E-state index in [9.17, 15) is 23.1 Å². The first-order valence-electron chi connectivity index (χ1n) is 7.82. The lowest BCUT2D eigenvalue weighted by Crippen LogP contribution is -2.57. The Kier molecular flexibility index (Phi) is 5.73. The third-order valence-corrected chi connectivity index (χ3v) is 11.9. The molecule has 0 saturated carbocycles. The van der Waals surface area contributed by atoms with E-state index in [1.165, 1.54) is 6.07 Å². The summed E-state index contributed by atoms with van der Waals surface area (Å²) in [5.74, 6) is -2.53. The van der Waals surface area contributed by atoms with Gasteiger partial charge in [0.2, 0.25) is 0 Å². The van der Waals surface area contributed by atoms with Gasteiger partial charge in [0, 0.05) is 0 Å². The monoisotopic (exact) mass is 346 g/mol. The van der Waals surface area contributed by atoms with E-state index in [1.807, 2.05) is 41.5 Å². The van der Waals surface area contributed by atoms with Crippen molar-refractivity contribution < 1.29 is 23.1 Å². The van der Waals surface area contributed by atoms with Gasteiger partial charge in [-0.25, -0.2) is 0 Å². The Morgan fingerprint density at radius 2 is 1.43 bits per heavy atom. The summed E-state index contributed by atoms with van der Waals surface area (Å²) < 4.78 is 39.1. The lowest BCUT2D eigenvalue weighted by molar-refractivity contribution is -0.0885. The van der Waals surface area contributed by atoms with Gasteiger partial charge in [-0.2, -0.15) is 13.2 Å². The van der Waals surface area contributed by atoms with Crippen LogP contribution in [0, 0.1) is 0 Å². The zero-order valence-electron chi connectivity index (χ0n) is 14.5. The van der Waals surface area contributed by atoms with Crippen LogP contribution in [0.1, 0.15) is 51.9 Å². The van der Waals surface area contributed by atoms with Gasteiger partial charge in [-0.1, -0.05) is 53.7 Å². The van der Waals surface area contributed by atoms with Crippen molar-refractivity contribution in [2.45, 2.75) is 64.3 Å². The molecule has 0 heterocycles. The number of Topliss-reactive ketones (excluding diaryl/α,β-unsaturated/α-hetero) is 1. The van der Waals surface area contributed by atoms with Gasteiger partial charge >= 0.3 is 6.18 Å². The van der Waals surface area contributed by atoms with Gasteiger partial charge in [0.15, 0.2) is 0 Å². The summed E-state index contributed by atoms with van der Waals surface area (Å²) in [6.45, 7) is 12.0. The lowest BCUT2D eigenvalue weighted by Gasteiger charge is -2.44. The minimum atomic E-state index is -5.00. The molecule has 0 saturated heterocycles. The van der Waals surface area contributed by atoms with Gasteiger partial charge in [-0.15, -0.1) is 0 Å². The number of phenols is 1. The fraction of sp³-hybridized carbons (Fsp3) is 0.588. The first-order valence-corrected chi connectivity index (χ1v) is 10.1. The number of ketones is 1. The molecular weight excluding hydrogens is 321 g/mol. The number of rotatable bonds is 5. The summed E-state index contributed by atoms with van der Waals surface area (Å²) in [5.41, 5.74) is -0.167. The van der Waals surface area contributed by atoms with Crippen molar-refractivity contribution in [2.24, 2.45) is 0 Å². The maximum atomic E-state index is 13.0. The van der Waals surface area contributed by atoms with Crippen molar-refractivity contribution >= 4 is 19.0 Å². The zero-order chi connectivity index (χ0) is 18.2. The van der Waals surface area contributed by atoms with E-state index in [4.69, 9.17) is 0 Å². The first kappa shape index (κ1) is 19.7. The molecule has 0 fully saturated rings. The average molecular weight is 346 g/mol. The summed E-state index contributed by atoms with van der Waals surface area (Å²) in [6, 6.07) is 4.29. The van der Waals surface area contributed by atoms with Crippen molar-refractivity contribution in [3.63, 3.8) is 0 Å². The van der Waals surface area contributed by atoms with Crippen molar-refractivity contribution in [3.8, 4) is 5.75 Å². The SMILES string of the molecule is CC(C)[Si](c1cccc(O)c1C(=O)C(F)(F)F)(C(C)C)C(C)C. The van der Waals surface area contributed by atoms with Crippen LogP contribution in [0.2, 0.25) is 16.6 Å². The van der Waals surface area contributed by atoms with Crippen LogP contribution in [0.15, 0.2) is 18.2 Å². The Morgan fingerprint density at radius 1 is 1.00 bits per heavy atom. The second-order valence-corrected chi connectivity index (χ2v) is 12.8. The Balaban J connectivity index is 3.83. The molecule has 1 rings (SSSR count). The Hall–Kier alpha value is -1.30. The predicted octanol–water partition coefficient (Wildman–Crippen LogP) is 5.02. The van der Waals surface area contributed by atoms with Crippen LogP contribution in [0.25, 0.3) is 0 Å². The van der Waals surface area contributed by atoms with E-state index in [2.05, 4.69) is 0 Å². The molecule has 0 aliphatic heterocycles. The molecule has 0 aliphatic rings. The molecule has 0 aromatic heterocycles. The molecule has 1 aromatic rings. The van der Waals surface area contributed by atoms with Gasteiger partial charge in [0.25, 0.3) is 5.78 Å². The van der Waals surface area contributed by atoms with Crippen molar-refractivity contribution in [1.29, 1.82) is 0 Å². The molecule has 0 bridgehead atoms. The summed E-state index contributed by atoms with van der Waals surface area (Å²) in [5, 5.41) is 10.5. The zero-order valence-corrected chi connectivity index (χ0v) is 15.5. The van der Waals surface area contributed by atoms with E-state index in [-0.39, 0.29) is 16.6 Å². The van der Waals surface area contributed by atoms with E-state index < -0.39 is 31.3 Å². The fourth-order valence-electron chi connectivity index (χ4n) is 4.21. The van der Waals surface area contributed by atoms with Gasteiger partial charge in [0.05, 0.1) is 13.6 Å². The van der Waals surface area contributed by atoms with E-state index in [0.717, 1.165) is 6.07 Å². The van der Waals surface area contributed by atoms with Crippen molar-refractivity contribution in [3.05, 3.63) is 23.8 Å². The molecule has 2 nitrogen and oxygen atoms in total. The number of benzene rings is 1. The molecular formula is C17H25F3O2Si. The minimum absolute atomic E-state index is 0.129. The second kappa shape index (κ2) is 6.67. The molecule has 0 atom stereocenters. The molecule has 0 radical (unpaired) electrons. The number of hydrogen-bond acceptors (Lipinski definition) is 2. The smallest absolute Gasteiger partial charge is 0.455 e. The highest BCUT2D eigenvalue weighted by atomic mass is 28.3. The van der Waals surface area contributed by atoms with Gasteiger partial charge in [0.1, 0.15) is 5.75 Å². The molecule has 6 heteroatoms. The van der Waals surface area contributed by atoms with Crippen LogP contribution in [-0.2, 0) is 0 Å². The quantitative estimate of drug-likeness (QED) is 0.600. The molecule has 1 N–H and O–H groups in total. The van der Waals surface area contributed by atoms with Crippen LogP contribution in [0.5, 0.6) is 5.75 Å². The van der Waals surface area contributed by atoms with Gasteiger partial charge in [-0.05, 0) is 27.9 Å². The number of halogens is 3. The average Bonchev–Trinajstić information content (AvgIpc) is 2.36. The standard InChI is InChI=1S/C17H25F3O2Si/c1-10(2)23(11(3)4,12(5)6)14-9-7-8-13(21)15(14)16(22)17(18,19)20/h7-12,21H,1-6H3. The third-order valence-electron chi connectivity index (χ3n) is 4.86. The Labute approximate surface area is 136 Å². The van der Waals surface area contributed by atoms with Crippen LogP contribution in [0.4, 0.5) is 13.2 Å². The molecule has 0 amide bonds. The summed E-state index contributed by atoms with van der Waals surface area (Å²) in [6.07, 6.45) is -5.00. The normalized spacial score (nSPS) is 13.2. The maximum absolute atomic E-state index is 13.0. The van der Waals surface area contributed by atoms with E-state index >= 15 is 0 Å². The van der Waals surface area contributed by atoms with Crippen LogP contribution < -0.4 is 5.19 Å². The number of hydrogen-bond donors (Lipinski definition) is 1. The number of alkyl halides is 3. The van der Waals surface area contributed by atoms with Gasteiger partial charge < -0.3 is 5.11 Å². The largest absolute Gasteiger partial charge is 0.507 e. The second-order valence-electron chi connectivity index (χ2n) is 6.92. The summed E-state index contributed by atoms with van der Waals surface area (Å²) in [4.78, 5) is 12.0. The molecule has 1 aromatic carbocycles. The molecule has 23 heavy (non-hydrogen) atoms. The molecule has 0 aliphatic carbocycles. The number of aromatic hydroxyl groups is 1. The maximum Gasteiger partial charge on any atom is 0.455 e. The molecule has 130 valence electrons. The predicted molar refractivity (Wildman–Crippen MR) is 89.2 cm³/mol. The van der Waals surface area contributed by atoms with E-state index in [0.29, 0.717) is 5.19 Å². The highest BCUT2D eigenvalue weighted by Crippen LogP contribution is 2.43. The Morgan fingerprint density at radius 3 is 1.78 bits per heavy atom. The van der Waals surface area contributed by atoms with Gasteiger partial charge in [-0.3, -0.25) is 4.79 Å². The number of carbonyl (C=O) groups is 1. The Bertz CT molecular complexity index is 556. The third kappa shape index (κ3) is 3.32. The topological polar surface area (TPSA) is 37.3 Å². The van der Waals surface area contributed by atoms with Crippen LogP contribution in [0.3, 0.4) is 0 Å². The molecule has 0 spiro atoms. The fourth-order valence-corrected chi connectivity index (χ4v) is 11.1. The molecule has 0 unspecified atom stereocenters. The van der Waals surface area contributed by atoms with Crippen LogP contribution >= 0.6 is 0 Å². The number of phenolic OH excluding ortho intramolecular Hbond substituents is 1. The van der Waals surface area contributed by atoms with E-state index in [1.54, 1.807) is 6.07 Å². The first-order chi connectivity index (χ1) is 10.4. The minimum Gasteiger partial charge on any atom is -0.507 e. The highest BCUT2D eigenvalue weighted by Gasteiger charge is 2.50. The van der Waals surface area contributed by atoms with Crippen molar-refractivity contribution in [2.75, 3.05) is 0 Å².